The smallest absolute Gasteiger partial charge is 0.349 e. The Morgan fingerprint density at radius 1 is 1.18 bits per heavy atom. The minimum atomic E-state index is -4.79. The summed E-state index contributed by atoms with van der Waals surface area (Å²) in [6, 6.07) is 7.17. The van der Waals surface area contributed by atoms with E-state index in [9.17, 15) is 22.8 Å². The first-order chi connectivity index (χ1) is 10.3. The highest BCUT2D eigenvalue weighted by molar-refractivity contribution is 6.10. The van der Waals surface area contributed by atoms with Gasteiger partial charge >= 0.3 is 12.2 Å². The molecule has 0 saturated carbocycles. The van der Waals surface area contributed by atoms with Gasteiger partial charge in [0.1, 0.15) is 0 Å². The number of carbonyl (C=O) groups is 2. The van der Waals surface area contributed by atoms with Crippen molar-refractivity contribution in [3.05, 3.63) is 41.5 Å². The Bertz CT molecular complexity index is 684. The predicted octanol–water partition coefficient (Wildman–Crippen LogP) is 1.48. The molecule has 2 heterocycles. The van der Waals surface area contributed by atoms with Gasteiger partial charge in [-0.15, -0.1) is 0 Å². The highest BCUT2D eigenvalue weighted by atomic mass is 19.4. The van der Waals surface area contributed by atoms with Gasteiger partial charge in [0, 0.05) is 7.05 Å². The molecule has 1 aromatic rings. The standard InChI is InChI=1S/C14H12F3N3O2/c1-20-10(8-5-3-2-4-6-8)9-11(21)18-7-13(9,14(15,16)17)19-12(20)22/h2-6H,7H2,1H3,(H,18,21)(H,19,22). The van der Waals surface area contributed by atoms with Crippen LogP contribution in [0.4, 0.5) is 18.0 Å². The molecule has 1 saturated heterocycles. The molecule has 2 aliphatic heterocycles. The summed E-state index contributed by atoms with van der Waals surface area (Å²) in [5.74, 6) is -0.831. The summed E-state index contributed by atoms with van der Waals surface area (Å²) in [5, 5.41) is 4.12. The maximum absolute atomic E-state index is 13.6. The maximum Gasteiger partial charge on any atom is 0.417 e. The van der Waals surface area contributed by atoms with E-state index in [-0.39, 0.29) is 5.70 Å². The molecule has 22 heavy (non-hydrogen) atoms. The van der Waals surface area contributed by atoms with Crippen molar-refractivity contribution in [3.63, 3.8) is 0 Å². The third kappa shape index (κ3) is 1.79. The van der Waals surface area contributed by atoms with Crippen molar-refractivity contribution < 1.29 is 22.8 Å². The lowest BCUT2D eigenvalue weighted by atomic mass is 9.86. The third-order valence-electron chi connectivity index (χ3n) is 3.90. The van der Waals surface area contributed by atoms with Crippen LogP contribution in [0.3, 0.4) is 0 Å². The van der Waals surface area contributed by atoms with E-state index >= 15 is 0 Å². The monoisotopic (exact) mass is 311 g/mol. The number of carbonyl (C=O) groups excluding carboxylic acids is 2. The lowest BCUT2D eigenvalue weighted by molar-refractivity contribution is -0.177. The molecule has 1 atom stereocenters. The maximum atomic E-state index is 13.6. The van der Waals surface area contributed by atoms with Crippen LogP contribution in [0.25, 0.3) is 5.70 Å². The van der Waals surface area contributed by atoms with Crippen LogP contribution in [-0.4, -0.2) is 42.1 Å². The van der Waals surface area contributed by atoms with Crippen LogP contribution < -0.4 is 10.6 Å². The second kappa shape index (κ2) is 4.49. The molecule has 0 spiro atoms. The van der Waals surface area contributed by atoms with Gasteiger partial charge in [-0.05, 0) is 5.56 Å². The Hall–Kier alpha value is -2.51. The van der Waals surface area contributed by atoms with Gasteiger partial charge in [-0.2, -0.15) is 13.2 Å². The normalized spacial score (nSPS) is 25.0. The number of alkyl halides is 3. The van der Waals surface area contributed by atoms with Gasteiger partial charge in [-0.25, -0.2) is 4.79 Å². The SMILES string of the molecule is CN1C(=O)NC2(C(F)(F)F)CNC(=O)C2=C1c1ccccc1. The second-order valence-corrected chi connectivity index (χ2v) is 5.16. The number of halogens is 3. The fourth-order valence-corrected chi connectivity index (χ4v) is 2.78. The fourth-order valence-electron chi connectivity index (χ4n) is 2.78. The first-order valence-corrected chi connectivity index (χ1v) is 6.49. The van der Waals surface area contributed by atoms with E-state index in [0.29, 0.717) is 5.56 Å². The number of hydrogen-bond acceptors (Lipinski definition) is 2. The van der Waals surface area contributed by atoms with E-state index in [1.807, 2.05) is 5.32 Å². The van der Waals surface area contributed by atoms with Crippen molar-refractivity contribution in [2.24, 2.45) is 0 Å². The summed E-state index contributed by atoms with van der Waals surface area (Å²) in [4.78, 5) is 25.1. The Morgan fingerprint density at radius 2 is 1.82 bits per heavy atom. The Labute approximate surface area is 123 Å². The van der Waals surface area contributed by atoms with Crippen molar-refractivity contribution >= 4 is 17.6 Å². The van der Waals surface area contributed by atoms with Gasteiger partial charge in [-0.3, -0.25) is 9.69 Å². The van der Waals surface area contributed by atoms with E-state index < -0.39 is 35.8 Å². The number of nitrogens with zero attached hydrogens (tertiary/aromatic N) is 1. The Morgan fingerprint density at radius 3 is 2.41 bits per heavy atom. The van der Waals surface area contributed by atoms with Crippen molar-refractivity contribution in [1.29, 1.82) is 0 Å². The lowest BCUT2D eigenvalue weighted by Gasteiger charge is -2.40. The van der Waals surface area contributed by atoms with Crippen LogP contribution in [0, 0.1) is 0 Å². The zero-order valence-corrected chi connectivity index (χ0v) is 11.5. The van der Waals surface area contributed by atoms with Crippen LogP contribution in [0.15, 0.2) is 35.9 Å². The quantitative estimate of drug-likeness (QED) is 0.825. The van der Waals surface area contributed by atoms with Gasteiger partial charge in [0.15, 0.2) is 5.54 Å². The molecule has 5 nitrogen and oxygen atoms in total. The highest BCUT2D eigenvalue weighted by Gasteiger charge is 2.66. The number of hydrogen-bond donors (Lipinski definition) is 2. The molecule has 1 aromatic carbocycles. The molecule has 3 amide bonds. The molecular formula is C14H12F3N3O2. The molecule has 0 radical (unpaired) electrons. The first kappa shape index (κ1) is 14.4. The van der Waals surface area contributed by atoms with Gasteiger partial charge in [0.25, 0.3) is 5.91 Å². The van der Waals surface area contributed by atoms with Crippen molar-refractivity contribution in [2.45, 2.75) is 11.7 Å². The van der Waals surface area contributed by atoms with Crippen LogP contribution in [0.1, 0.15) is 5.56 Å². The Balaban J connectivity index is 2.33. The van der Waals surface area contributed by atoms with E-state index in [1.165, 1.54) is 7.05 Å². The molecule has 1 unspecified atom stereocenters. The second-order valence-electron chi connectivity index (χ2n) is 5.16. The topological polar surface area (TPSA) is 61.4 Å². The number of urea groups is 1. The summed E-state index contributed by atoms with van der Waals surface area (Å²) in [7, 11) is 1.33. The van der Waals surface area contributed by atoms with Gasteiger partial charge < -0.3 is 10.6 Å². The van der Waals surface area contributed by atoms with Gasteiger partial charge in [-0.1, -0.05) is 30.3 Å². The average molecular weight is 311 g/mol. The molecule has 8 heteroatoms. The van der Waals surface area contributed by atoms with Crippen LogP contribution in [0.2, 0.25) is 0 Å². The van der Waals surface area contributed by atoms with Gasteiger partial charge in [0.05, 0.1) is 17.8 Å². The number of rotatable bonds is 1. The molecule has 2 N–H and O–H groups in total. The molecule has 116 valence electrons. The largest absolute Gasteiger partial charge is 0.417 e. The molecule has 0 aromatic heterocycles. The van der Waals surface area contributed by atoms with E-state index in [2.05, 4.69) is 5.32 Å². The lowest BCUT2D eigenvalue weighted by Crippen LogP contribution is -2.66. The number of nitrogens with one attached hydrogen (secondary N) is 2. The Kier molecular flexibility index (Phi) is 2.95. The molecule has 2 aliphatic rings. The van der Waals surface area contributed by atoms with E-state index in [1.54, 1.807) is 30.3 Å². The average Bonchev–Trinajstić information content (AvgIpc) is 2.79. The summed E-state index contributed by atoms with van der Waals surface area (Å²) in [5.41, 5.74) is -2.83. The summed E-state index contributed by atoms with van der Waals surface area (Å²) in [6.45, 7) is -0.708. The molecule has 1 fully saturated rings. The predicted molar refractivity (Wildman–Crippen MR) is 71.5 cm³/mol. The van der Waals surface area contributed by atoms with Crippen LogP contribution >= 0.6 is 0 Å². The number of fused-ring (bicyclic) bond motifs is 1. The summed E-state index contributed by atoms with van der Waals surface area (Å²) in [6.07, 6.45) is -4.79. The number of amides is 3. The van der Waals surface area contributed by atoms with E-state index in [4.69, 9.17) is 0 Å². The zero-order valence-electron chi connectivity index (χ0n) is 11.5. The number of benzene rings is 1. The highest BCUT2D eigenvalue weighted by Crippen LogP contribution is 2.45. The molecular weight excluding hydrogens is 299 g/mol. The first-order valence-electron chi connectivity index (χ1n) is 6.49. The summed E-state index contributed by atoms with van der Waals surface area (Å²) >= 11 is 0. The van der Waals surface area contributed by atoms with Crippen molar-refractivity contribution in [1.82, 2.24) is 15.5 Å². The van der Waals surface area contributed by atoms with Crippen LogP contribution in [-0.2, 0) is 4.79 Å². The van der Waals surface area contributed by atoms with E-state index in [0.717, 1.165) is 4.90 Å². The fraction of sp³-hybridized carbons (Fsp3) is 0.286. The minimum Gasteiger partial charge on any atom is -0.349 e. The molecule has 0 bridgehead atoms. The molecule has 0 aliphatic carbocycles. The zero-order chi connectivity index (χ0) is 16.1. The van der Waals surface area contributed by atoms with Crippen molar-refractivity contribution in [3.8, 4) is 0 Å². The summed E-state index contributed by atoms with van der Waals surface area (Å²) < 4.78 is 40.8. The molecule has 3 rings (SSSR count). The van der Waals surface area contributed by atoms with Gasteiger partial charge in [0.2, 0.25) is 0 Å². The van der Waals surface area contributed by atoms with Crippen LogP contribution in [0.5, 0.6) is 0 Å². The third-order valence-corrected chi connectivity index (χ3v) is 3.90. The minimum absolute atomic E-state index is 0.0309. The van der Waals surface area contributed by atoms with Crippen molar-refractivity contribution in [2.75, 3.05) is 13.6 Å².